The Labute approximate surface area is 195 Å². The Kier molecular flexibility index (Phi) is 7.62. The van der Waals surface area contributed by atoms with Crippen LogP contribution < -0.4 is 9.47 Å². The molecule has 2 aliphatic heterocycles. The number of aromatic nitrogens is 3. The highest BCUT2D eigenvalue weighted by atomic mass is 16.6. The minimum Gasteiger partial charge on any atom is -0.474 e. The topological polar surface area (TPSA) is 86.7 Å². The van der Waals surface area contributed by atoms with Crippen molar-refractivity contribution in [3.8, 4) is 17.5 Å². The number of nitrogens with zero attached hydrogens (tertiary/aromatic N) is 4. The largest absolute Gasteiger partial charge is 0.474 e. The maximum absolute atomic E-state index is 12.7. The molecule has 2 aromatic rings. The molecule has 2 saturated heterocycles. The molecule has 178 valence electrons. The highest BCUT2D eigenvalue weighted by Gasteiger charge is 2.45. The zero-order valence-electron chi connectivity index (χ0n) is 19.8. The van der Waals surface area contributed by atoms with E-state index >= 15 is 0 Å². The van der Waals surface area contributed by atoms with Gasteiger partial charge in [-0.1, -0.05) is 26.2 Å². The molecule has 2 atom stereocenters. The second-order valence-corrected chi connectivity index (χ2v) is 8.98. The summed E-state index contributed by atoms with van der Waals surface area (Å²) >= 11 is 0. The molecule has 0 N–H and O–H groups in total. The average Bonchev–Trinajstić information content (AvgIpc) is 3.08. The number of carbonyl (C=O) groups is 1. The molecule has 8 nitrogen and oxygen atoms in total. The summed E-state index contributed by atoms with van der Waals surface area (Å²) in [6.07, 6.45) is 11.0. The van der Waals surface area contributed by atoms with E-state index in [2.05, 4.69) is 21.9 Å². The van der Waals surface area contributed by atoms with Gasteiger partial charge in [-0.3, -0.25) is 4.98 Å². The minimum absolute atomic E-state index is 0.00215. The highest BCUT2D eigenvalue weighted by molar-refractivity contribution is 5.69. The molecule has 2 aromatic heterocycles. The number of hydrogen-bond donors (Lipinski definition) is 0. The van der Waals surface area contributed by atoms with Gasteiger partial charge in [-0.2, -0.15) is 0 Å². The van der Waals surface area contributed by atoms with E-state index in [9.17, 15) is 4.79 Å². The van der Waals surface area contributed by atoms with Gasteiger partial charge in [0, 0.05) is 31.1 Å². The van der Waals surface area contributed by atoms with Crippen LogP contribution in [0.4, 0.5) is 4.79 Å². The zero-order valence-corrected chi connectivity index (χ0v) is 19.8. The van der Waals surface area contributed by atoms with E-state index in [0.717, 1.165) is 49.8 Å². The van der Waals surface area contributed by atoms with Crippen LogP contribution >= 0.6 is 0 Å². The molecule has 0 aliphatic carbocycles. The first-order valence-corrected chi connectivity index (χ1v) is 12.1. The van der Waals surface area contributed by atoms with Gasteiger partial charge in [0.2, 0.25) is 11.8 Å². The molecule has 1 amide bonds. The number of hydrogen-bond acceptors (Lipinski definition) is 7. The summed E-state index contributed by atoms with van der Waals surface area (Å²) in [6, 6.07) is 4.01. The van der Waals surface area contributed by atoms with Crippen molar-refractivity contribution in [1.29, 1.82) is 0 Å². The highest BCUT2D eigenvalue weighted by Crippen LogP contribution is 2.38. The maximum Gasteiger partial charge on any atom is 0.410 e. The fourth-order valence-corrected chi connectivity index (χ4v) is 4.76. The van der Waals surface area contributed by atoms with Gasteiger partial charge in [0.05, 0.1) is 17.9 Å². The minimum atomic E-state index is -0.168. The summed E-state index contributed by atoms with van der Waals surface area (Å²) in [6.45, 7) is 6.47. The summed E-state index contributed by atoms with van der Waals surface area (Å²) in [5.41, 5.74) is 1.54. The van der Waals surface area contributed by atoms with E-state index in [0.29, 0.717) is 24.1 Å². The lowest BCUT2D eigenvalue weighted by Gasteiger charge is -2.38. The fraction of sp³-hybridized carbons (Fsp3) is 0.600. The van der Waals surface area contributed by atoms with Gasteiger partial charge in [-0.05, 0) is 45.2 Å². The van der Waals surface area contributed by atoms with Gasteiger partial charge in [0.1, 0.15) is 12.4 Å². The van der Waals surface area contributed by atoms with Crippen LogP contribution in [0.5, 0.6) is 17.5 Å². The summed E-state index contributed by atoms with van der Waals surface area (Å²) in [7, 11) is 0. The normalized spacial score (nSPS) is 21.7. The Hall–Kier alpha value is -2.90. The van der Waals surface area contributed by atoms with Crippen molar-refractivity contribution >= 4 is 6.09 Å². The van der Waals surface area contributed by atoms with Crippen LogP contribution in [-0.4, -0.2) is 50.7 Å². The van der Waals surface area contributed by atoms with E-state index in [1.807, 2.05) is 30.9 Å². The third kappa shape index (κ3) is 5.54. The van der Waals surface area contributed by atoms with E-state index in [-0.39, 0.29) is 24.3 Å². The van der Waals surface area contributed by atoms with E-state index < -0.39 is 0 Å². The summed E-state index contributed by atoms with van der Waals surface area (Å²) in [4.78, 5) is 27.5. The van der Waals surface area contributed by atoms with Crippen LogP contribution in [0.15, 0.2) is 24.7 Å². The van der Waals surface area contributed by atoms with Crippen molar-refractivity contribution < 1.29 is 19.0 Å². The molecule has 4 heterocycles. The van der Waals surface area contributed by atoms with Crippen molar-refractivity contribution in [1.82, 2.24) is 19.9 Å². The van der Waals surface area contributed by atoms with Crippen LogP contribution in [0, 0.1) is 13.8 Å². The lowest BCUT2D eigenvalue weighted by molar-refractivity contribution is 0.0311. The van der Waals surface area contributed by atoms with Gasteiger partial charge < -0.3 is 19.1 Å². The molecule has 2 unspecified atom stereocenters. The van der Waals surface area contributed by atoms with E-state index in [1.165, 1.54) is 19.2 Å². The van der Waals surface area contributed by atoms with Crippen molar-refractivity contribution in [3.63, 3.8) is 0 Å². The van der Waals surface area contributed by atoms with Crippen LogP contribution in [0.1, 0.15) is 69.5 Å². The number of carbonyl (C=O) groups excluding carboxylic acids is 1. The maximum atomic E-state index is 12.7. The Balaban J connectivity index is 1.35. The number of unbranched alkanes of at least 4 members (excludes halogenated alkanes) is 3. The van der Waals surface area contributed by atoms with Crippen molar-refractivity contribution in [3.05, 3.63) is 35.9 Å². The lowest BCUT2D eigenvalue weighted by atomic mass is 10.0. The molecule has 8 heteroatoms. The zero-order chi connectivity index (χ0) is 23.2. The third-order valence-corrected chi connectivity index (χ3v) is 6.56. The first-order chi connectivity index (χ1) is 16.1. The van der Waals surface area contributed by atoms with Crippen molar-refractivity contribution in [2.24, 2.45) is 0 Å². The Morgan fingerprint density at radius 1 is 1.06 bits per heavy atom. The Morgan fingerprint density at radius 3 is 2.55 bits per heavy atom. The molecular weight excluding hydrogens is 420 g/mol. The van der Waals surface area contributed by atoms with Crippen LogP contribution in [0.25, 0.3) is 0 Å². The Morgan fingerprint density at radius 2 is 1.82 bits per heavy atom. The summed E-state index contributed by atoms with van der Waals surface area (Å²) in [5.74, 6) is 1.64. The molecule has 0 spiro atoms. The van der Waals surface area contributed by atoms with Gasteiger partial charge in [-0.25, -0.2) is 14.8 Å². The quantitative estimate of drug-likeness (QED) is 0.471. The lowest BCUT2D eigenvalue weighted by Crippen LogP contribution is -2.49. The molecule has 2 fully saturated rings. The number of ether oxygens (including phenoxy) is 3. The summed E-state index contributed by atoms with van der Waals surface area (Å²) in [5, 5.41) is 0. The number of fused-ring (bicyclic) bond motifs is 2. The van der Waals surface area contributed by atoms with Crippen LogP contribution in [-0.2, 0) is 4.74 Å². The fourth-order valence-electron chi connectivity index (χ4n) is 4.76. The third-order valence-electron chi connectivity index (χ3n) is 6.56. The number of rotatable bonds is 9. The standard InChI is InChI=1S/C25H34N4O4/c1-4-5-6-7-13-31-25(30)29-19-10-11-20(29)15-21(14-19)32-23-17(2)24(28-16-27-23)33-22-9-8-12-26-18(22)3/h8-9,12,16,19-21H,4-7,10-11,13-15H2,1-3H3. The van der Waals surface area contributed by atoms with Gasteiger partial charge in [-0.15, -0.1) is 0 Å². The van der Waals surface area contributed by atoms with Gasteiger partial charge >= 0.3 is 6.09 Å². The predicted octanol–water partition coefficient (Wildman–Crippen LogP) is 5.37. The second-order valence-electron chi connectivity index (χ2n) is 8.98. The molecule has 33 heavy (non-hydrogen) atoms. The molecule has 0 radical (unpaired) electrons. The molecule has 0 aromatic carbocycles. The SMILES string of the molecule is CCCCCCOC(=O)N1C2CCC1CC(Oc1ncnc(Oc3cccnc3C)c1C)C2. The van der Waals surface area contributed by atoms with Crippen LogP contribution in [0.3, 0.4) is 0 Å². The predicted molar refractivity (Wildman–Crippen MR) is 124 cm³/mol. The first kappa shape index (κ1) is 23.3. The molecule has 2 bridgehead atoms. The average molecular weight is 455 g/mol. The number of aryl methyl sites for hydroxylation is 1. The van der Waals surface area contributed by atoms with Gasteiger partial charge in [0.15, 0.2) is 5.75 Å². The number of piperidine rings is 1. The smallest absolute Gasteiger partial charge is 0.410 e. The molecule has 2 aliphatic rings. The number of pyridine rings is 1. The van der Waals surface area contributed by atoms with Crippen LogP contribution in [0.2, 0.25) is 0 Å². The first-order valence-electron chi connectivity index (χ1n) is 12.1. The van der Waals surface area contributed by atoms with Gasteiger partial charge in [0.25, 0.3) is 0 Å². The van der Waals surface area contributed by atoms with E-state index in [4.69, 9.17) is 14.2 Å². The molecular formula is C25H34N4O4. The van der Waals surface area contributed by atoms with E-state index in [1.54, 1.807) is 6.20 Å². The summed E-state index contributed by atoms with van der Waals surface area (Å²) < 4.78 is 17.8. The van der Waals surface area contributed by atoms with Crippen molar-refractivity contribution in [2.75, 3.05) is 6.61 Å². The molecule has 4 rings (SSSR count). The molecule has 0 saturated carbocycles. The van der Waals surface area contributed by atoms with Crippen molar-refractivity contribution in [2.45, 2.75) is 90.3 Å². The monoisotopic (exact) mass is 454 g/mol. The Bertz CT molecular complexity index is 940. The second kappa shape index (κ2) is 10.8. The number of amides is 1.